The summed E-state index contributed by atoms with van der Waals surface area (Å²) in [4.78, 5) is 6.96. The van der Waals surface area contributed by atoms with Gasteiger partial charge >= 0.3 is 0 Å². The van der Waals surface area contributed by atoms with Gasteiger partial charge in [0.15, 0.2) is 0 Å². The summed E-state index contributed by atoms with van der Waals surface area (Å²) in [5.74, 6) is 0. The van der Waals surface area contributed by atoms with Crippen molar-refractivity contribution in [1.82, 2.24) is 15.2 Å². The molecule has 2 aliphatic rings. The average molecular weight is 245 g/mol. The molecule has 98 valence electrons. The van der Waals surface area contributed by atoms with Gasteiger partial charge < -0.3 is 5.32 Å². The summed E-state index contributed by atoms with van der Waals surface area (Å²) in [5, 5.41) is 3.61. The van der Waals surface area contributed by atoms with Crippen LogP contribution in [0.25, 0.3) is 0 Å². The van der Waals surface area contributed by atoms with Crippen molar-refractivity contribution in [1.29, 1.82) is 0 Å². The molecule has 1 N–H and O–H groups in total. The molecule has 1 saturated carbocycles. The molecule has 1 saturated heterocycles. The average Bonchev–Trinajstić information content (AvgIpc) is 3.08. The zero-order chi connectivity index (χ0) is 12.4. The fraction of sp³-hybridized carbons (Fsp3) is 0.667. The Kier molecular flexibility index (Phi) is 3.62. The van der Waals surface area contributed by atoms with E-state index in [0.717, 1.165) is 12.6 Å². The van der Waals surface area contributed by atoms with Crippen molar-refractivity contribution in [3.63, 3.8) is 0 Å². The van der Waals surface area contributed by atoms with Gasteiger partial charge in [0.1, 0.15) is 0 Å². The van der Waals surface area contributed by atoms with Crippen molar-refractivity contribution in [2.75, 3.05) is 13.1 Å². The number of nitrogens with one attached hydrogen (secondary N) is 1. The zero-order valence-corrected chi connectivity index (χ0v) is 11.2. The summed E-state index contributed by atoms with van der Waals surface area (Å²) in [6.07, 6.45) is 9.40. The van der Waals surface area contributed by atoms with Gasteiger partial charge in [0.25, 0.3) is 0 Å². The first-order valence-corrected chi connectivity index (χ1v) is 7.19. The Labute approximate surface area is 110 Å². The first-order valence-electron chi connectivity index (χ1n) is 7.19. The van der Waals surface area contributed by atoms with Gasteiger partial charge in [-0.25, -0.2) is 0 Å². The molecule has 0 bridgehead atoms. The van der Waals surface area contributed by atoms with E-state index in [1.54, 1.807) is 0 Å². The van der Waals surface area contributed by atoms with E-state index >= 15 is 0 Å². The fourth-order valence-corrected chi connectivity index (χ4v) is 2.92. The Bertz CT molecular complexity index is 394. The molecule has 1 aliphatic heterocycles. The summed E-state index contributed by atoms with van der Waals surface area (Å²) in [7, 11) is 0. The van der Waals surface area contributed by atoms with Crippen LogP contribution in [0.5, 0.6) is 0 Å². The fourth-order valence-electron chi connectivity index (χ4n) is 2.92. The highest BCUT2D eigenvalue weighted by atomic mass is 15.2. The number of aromatic nitrogens is 1. The van der Waals surface area contributed by atoms with E-state index in [1.807, 2.05) is 12.4 Å². The second-order valence-corrected chi connectivity index (χ2v) is 5.82. The normalized spacial score (nSPS) is 23.8. The third-order valence-electron chi connectivity index (χ3n) is 4.00. The SMILES string of the molecule is Cc1cncc(CN(CC2CCCN2)C2CC2)c1. The van der Waals surface area contributed by atoms with Gasteiger partial charge in [-0.3, -0.25) is 9.88 Å². The van der Waals surface area contributed by atoms with E-state index in [-0.39, 0.29) is 0 Å². The van der Waals surface area contributed by atoms with Crippen molar-refractivity contribution in [3.05, 3.63) is 29.6 Å². The maximum absolute atomic E-state index is 4.31. The number of pyridine rings is 1. The number of rotatable bonds is 5. The van der Waals surface area contributed by atoms with Gasteiger partial charge in [0.2, 0.25) is 0 Å². The maximum atomic E-state index is 4.31. The molecule has 0 radical (unpaired) electrons. The molecule has 1 aliphatic carbocycles. The molecule has 3 heteroatoms. The van der Waals surface area contributed by atoms with Crippen LogP contribution < -0.4 is 5.32 Å². The summed E-state index contributed by atoms with van der Waals surface area (Å²) in [6, 6.07) is 3.81. The molecule has 0 spiro atoms. The molecule has 1 atom stereocenters. The van der Waals surface area contributed by atoms with Crippen molar-refractivity contribution < 1.29 is 0 Å². The predicted octanol–water partition coefficient (Wildman–Crippen LogP) is 2.11. The Morgan fingerprint density at radius 1 is 1.33 bits per heavy atom. The van der Waals surface area contributed by atoms with E-state index in [2.05, 4.69) is 28.2 Å². The Morgan fingerprint density at radius 3 is 2.89 bits per heavy atom. The minimum absolute atomic E-state index is 0.711. The topological polar surface area (TPSA) is 28.2 Å². The highest BCUT2D eigenvalue weighted by molar-refractivity contribution is 5.16. The second kappa shape index (κ2) is 5.37. The lowest BCUT2D eigenvalue weighted by atomic mass is 10.1. The van der Waals surface area contributed by atoms with Crippen LogP contribution >= 0.6 is 0 Å². The minimum atomic E-state index is 0.711. The maximum Gasteiger partial charge on any atom is 0.0313 e. The van der Waals surface area contributed by atoms with Crippen LogP contribution in [0.1, 0.15) is 36.8 Å². The van der Waals surface area contributed by atoms with Gasteiger partial charge in [-0.2, -0.15) is 0 Å². The predicted molar refractivity (Wildman–Crippen MR) is 73.4 cm³/mol. The van der Waals surface area contributed by atoms with E-state index in [0.29, 0.717) is 6.04 Å². The van der Waals surface area contributed by atoms with E-state index in [9.17, 15) is 0 Å². The summed E-state index contributed by atoms with van der Waals surface area (Å²) < 4.78 is 0. The molecule has 2 heterocycles. The van der Waals surface area contributed by atoms with E-state index < -0.39 is 0 Å². The van der Waals surface area contributed by atoms with Gasteiger partial charge in [0.05, 0.1) is 0 Å². The minimum Gasteiger partial charge on any atom is -0.313 e. The number of hydrogen-bond donors (Lipinski definition) is 1. The molecule has 3 rings (SSSR count). The van der Waals surface area contributed by atoms with Crippen LogP contribution in [0.4, 0.5) is 0 Å². The molecule has 3 nitrogen and oxygen atoms in total. The Morgan fingerprint density at radius 2 is 2.22 bits per heavy atom. The largest absolute Gasteiger partial charge is 0.313 e. The van der Waals surface area contributed by atoms with Crippen LogP contribution in [0.15, 0.2) is 18.5 Å². The van der Waals surface area contributed by atoms with Crippen LogP contribution in [-0.4, -0.2) is 35.1 Å². The quantitative estimate of drug-likeness (QED) is 0.861. The van der Waals surface area contributed by atoms with Crippen LogP contribution in [0.2, 0.25) is 0 Å². The van der Waals surface area contributed by atoms with Gasteiger partial charge in [-0.05, 0) is 50.3 Å². The third kappa shape index (κ3) is 3.09. The van der Waals surface area contributed by atoms with E-state index in [1.165, 1.54) is 49.9 Å². The molecular weight excluding hydrogens is 222 g/mol. The Balaban J connectivity index is 1.62. The monoisotopic (exact) mass is 245 g/mol. The van der Waals surface area contributed by atoms with Crippen molar-refractivity contribution in [3.8, 4) is 0 Å². The molecule has 1 unspecified atom stereocenters. The van der Waals surface area contributed by atoms with Crippen LogP contribution in [0.3, 0.4) is 0 Å². The summed E-state index contributed by atoms with van der Waals surface area (Å²) in [6.45, 7) is 5.60. The number of nitrogens with zero attached hydrogens (tertiary/aromatic N) is 2. The standard InChI is InChI=1S/C15H23N3/c1-12-7-13(9-16-8-12)10-18(15-4-5-15)11-14-3-2-6-17-14/h7-9,14-15,17H,2-6,10-11H2,1H3. The smallest absolute Gasteiger partial charge is 0.0313 e. The lowest BCUT2D eigenvalue weighted by Crippen LogP contribution is -2.38. The van der Waals surface area contributed by atoms with Crippen molar-refractivity contribution in [2.45, 2.75) is 51.2 Å². The summed E-state index contributed by atoms with van der Waals surface area (Å²) >= 11 is 0. The molecule has 0 aromatic carbocycles. The number of aryl methyl sites for hydroxylation is 1. The third-order valence-corrected chi connectivity index (χ3v) is 4.00. The lowest BCUT2D eigenvalue weighted by molar-refractivity contribution is 0.231. The molecule has 0 amide bonds. The number of hydrogen-bond acceptors (Lipinski definition) is 3. The highest BCUT2D eigenvalue weighted by Crippen LogP contribution is 2.29. The highest BCUT2D eigenvalue weighted by Gasteiger charge is 2.31. The first-order chi connectivity index (χ1) is 8.81. The first kappa shape index (κ1) is 12.1. The van der Waals surface area contributed by atoms with Gasteiger partial charge in [0, 0.05) is 37.6 Å². The lowest BCUT2D eigenvalue weighted by Gasteiger charge is -2.25. The molecule has 2 fully saturated rings. The molecule has 1 aromatic rings. The van der Waals surface area contributed by atoms with Gasteiger partial charge in [-0.15, -0.1) is 0 Å². The van der Waals surface area contributed by atoms with Gasteiger partial charge in [-0.1, -0.05) is 6.07 Å². The van der Waals surface area contributed by atoms with Crippen molar-refractivity contribution in [2.24, 2.45) is 0 Å². The van der Waals surface area contributed by atoms with E-state index in [4.69, 9.17) is 0 Å². The second-order valence-electron chi connectivity index (χ2n) is 5.82. The molecule has 1 aromatic heterocycles. The Hall–Kier alpha value is -0.930. The molecule has 18 heavy (non-hydrogen) atoms. The van der Waals surface area contributed by atoms with Crippen molar-refractivity contribution >= 4 is 0 Å². The summed E-state index contributed by atoms with van der Waals surface area (Å²) in [5.41, 5.74) is 2.63. The molecular formula is C15H23N3. The zero-order valence-electron chi connectivity index (χ0n) is 11.2. The van der Waals surface area contributed by atoms with Crippen LogP contribution in [0, 0.1) is 6.92 Å². The van der Waals surface area contributed by atoms with Crippen LogP contribution in [-0.2, 0) is 6.54 Å².